The zero-order valence-electron chi connectivity index (χ0n) is 16.8. The van der Waals surface area contributed by atoms with E-state index in [0.29, 0.717) is 11.6 Å². The molecule has 1 aromatic heterocycles. The summed E-state index contributed by atoms with van der Waals surface area (Å²) < 4.78 is 27.8. The number of sulfonamides is 1. The van der Waals surface area contributed by atoms with Crippen molar-refractivity contribution >= 4 is 44.0 Å². The molecule has 1 aliphatic heterocycles. The Morgan fingerprint density at radius 1 is 1.30 bits per heavy atom. The number of amides is 2. The third kappa shape index (κ3) is 4.40. The monoisotopic (exact) mass is 448 g/mol. The van der Waals surface area contributed by atoms with Crippen LogP contribution in [0, 0.1) is 12.8 Å². The van der Waals surface area contributed by atoms with Crippen molar-refractivity contribution in [1.29, 1.82) is 0 Å². The highest BCUT2D eigenvalue weighted by Crippen LogP contribution is 2.39. The molecular formula is C20H24N4O4S2. The molecule has 0 bridgehead atoms. The van der Waals surface area contributed by atoms with E-state index in [2.05, 4.69) is 15.0 Å². The summed E-state index contributed by atoms with van der Waals surface area (Å²) in [5.74, 6) is -0.0524. The van der Waals surface area contributed by atoms with Crippen molar-refractivity contribution in [1.82, 2.24) is 9.71 Å². The minimum absolute atomic E-state index is 0.00347. The minimum atomic E-state index is -3.75. The molecule has 30 heavy (non-hydrogen) atoms. The van der Waals surface area contributed by atoms with Gasteiger partial charge in [-0.05, 0) is 56.9 Å². The predicted octanol–water partition coefficient (Wildman–Crippen LogP) is 2.45. The van der Waals surface area contributed by atoms with Crippen molar-refractivity contribution in [3.05, 3.63) is 34.8 Å². The summed E-state index contributed by atoms with van der Waals surface area (Å²) in [7, 11) is -3.75. The lowest BCUT2D eigenvalue weighted by atomic mass is 10.1. The van der Waals surface area contributed by atoms with Gasteiger partial charge in [-0.1, -0.05) is 0 Å². The quantitative estimate of drug-likeness (QED) is 0.676. The lowest BCUT2D eigenvalue weighted by molar-refractivity contribution is -0.120. The van der Waals surface area contributed by atoms with Gasteiger partial charge in [-0.25, -0.2) is 18.1 Å². The van der Waals surface area contributed by atoms with Crippen molar-refractivity contribution < 1.29 is 18.0 Å². The molecule has 2 aromatic rings. The molecule has 4 rings (SSSR count). The van der Waals surface area contributed by atoms with Crippen LogP contribution in [0.25, 0.3) is 0 Å². The van der Waals surface area contributed by atoms with Gasteiger partial charge in [0.15, 0.2) is 5.13 Å². The summed E-state index contributed by atoms with van der Waals surface area (Å²) in [5.41, 5.74) is 2.48. The maximum atomic E-state index is 12.7. The van der Waals surface area contributed by atoms with E-state index in [1.165, 1.54) is 17.4 Å². The van der Waals surface area contributed by atoms with Crippen LogP contribution < -0.4 is 14.9 Å². The van der Waals surface area contributed by atoms with E-state index in [1.54, 1.807) is 12.1 Å². The summed E-state index contributed by atoms with van der Waals surface area (Å²) in [6, 6.07) is 4.89. The van der Waals surface area contributed by atoms with Crippen LogP contribution in [0.3, 0.4) is 0 Å². The number of carbonyl (C=O) groups is 2. The lowest BCUT2D eigenvalue weighted by Crippen LogP contribution is -2.36. The molecule has 2 amide bonds. The smallest absolute Gasteiger partial charge is 0.240 e. The molecule has 0 spiro atoms. The zero-order valence-corrected chi connectivity index (χ0v) is 18.5. The van der Waals surface area contributed by atoms with Gasteiger partial charge in [-0.3, -0.25) is 9.59 Å². The minimum Gasteiger partial charge on any atom is -0.309 e. The van der Waals surface area contributed by atoms with Crippen molar-refractivity contribution in [3.8, 4) is 0 Å². The Balaban J connectivity index is 1.38. The Kier molecular flexibility index (Phi) is 5.65. The van der Waals surface area contributed by atoms with E-state index in [4.69, 9.17) is 0 Å². The Labute approximate surface area is 179 Å². The first-order chi connectivity index (χ1) is 14.2. The van der Waals surface area contributed by atoms with Crippen molar-refractivity contribution in [3.63, 3.8) is 0 Å². The molecule has 2 heterocycles. The highest BCUT2D eigenvalue weighted by atomic mass is 32.2. The SMILES string of the molecule is Cc1csc(NC(=O)CCNS(=O)(=O)c2ccc3c(c2)CC(C)N3C(=O)C2CC2)n1. The van der Waals surface area contributed by atoms with Crippen LogP contribution in [0.5, 0.6) is 0 Å². The van der Waals surface area contributed by atoms with E-state index >= 15 is 0 Å². The number of hydrogen-bond donors (Lipinski definition) is 2. The Bertz CT molecular complexity index is 1090. The lowest BCUT2D eigenvalue weighted by Gasteiger charge is -2.22. The fraction of sp³-hybridized carbons (Fsp3) is 0.450. The van der Waals surface area contributed by atoms with Gasteiger partial charge in [0, 0.05) is 36.0 Å². The summed E-state index contributed by atoms with van der Waals surface area (Å²) in [6.07, 6.45) is 2.50. The first kappa shape index (κ1) is 21.0. The first-order valence-electron chi connectivity index (χ1n) is 9.92. The summed E-state index contributed by atoms with van der Waals surface area (Å²) >= 11 is 1.32. The largest absolute Gasteiger partial charge is 0.309 e. The second kappa shape index (κ2) is 8.09. The van der Waals surface area contributed by atoms with E-state index in [-0.39, 0.29) is 41.6 Å². The standard InChI is InChI=1S/C20H24N4O4S2/c1-12-11-29-20(22-12)23-18(25)7-8-21-30(27,28)16-5-6-17-15(10-16)9-13(2)24(17)19(26)14-3-4-14/h5-6,10-11,13-14,21H,3-4,7-9H2,1-2H3,(H,22,23,25). The number of fused-ring (bicyclic) bond motifs is 1. The number of hydrogen-bond acceptors (Lipinski definition) is 6. The molecule has 8 nitrogen and oxygen atoms in total. The van der Waals surface area contributed by atoms with Gasteiger partial charge in [0.1, 0.15) is 0 Å². The van der Waals surface area contributed by atoms with Gasteiger partial charge in [0.25, 0.3) is 0 Å². The van der Waals surface area contributed by atoms with Crippen molar-refractivity contribution in [2.24, 2.45) is 5.92 Å². The molecule has 1 unspecified atom stereocenters. The third-order valence-electron chi connectivity index (χ3n) is 5.25. The molecule has 0 saturated heterocycles. The van der Waals surface area contributed by atoms with E-state index in [9.17, 15) is 18.0 Å². The third-order valence-corrected chi connectivity index (χ3v) is 7.58. The van der Waals surface area contributed by atoms with E-state index < -0.39 is 10.0 Å². The number of aromatic nitrogens is 1. The Morgan fingerprint density at radius 3 is 2.73 bits per heavy atom. The summed E-state index contributed by atoms with van der Waals surface area (Å²) in [4.78, 5) is 30.6. The average Bonchev–Trinajstić information content (AvgIpc) is 3.37. The summed E-state index contributed by atoms with van der Waals surface area (Å²) in [5, 5.41) is 4.98. The fourth-order valence-electron chi connectivity index (χ4n) is 3.61. The molecule has 10 heteroatoms. The number of nitrogens with zero attached hydrogens (tertiary/aromatic N) is 2. The maximum absolute atomic E-state index is 12.7. The Morgan fingerprint density at radius 2 is 2.07 bits per heavy atom. The molecule has 2 N–H and O–H groups in total. The van der Waals surface area contributed by atoms with Crippen molar-refractivity contribution in [2.45, 2.75) is 50.5 Å². The number of rotatable bonds is 7. The van der Waals surface area contributed by atoms with Gasteiger partial charge < -0.3 is 10.2 Å². The van der Waals surface area contributed by atoms with Crippen molar-refractivity contribution in [2.75, 3.05) is 16.8 Å². The van der Waals surface area contributed by atoms with Crippen LogP contribution in [0.1, 0.15) is 37.4 Å². The maximum Gasteiger partial charge on any atom is 0.240 e. The molecule has 2 aliphatic rings. The normalized spacial score (nSPS) is 18.3. The van der Waals surface area contributed by atoms with Gasteiger partial charge in [-0.15, -0.1) is 11.3 Å². The van der Waals surface area contributed by atoms with Gasteiger partial charge >= 0.3 is 0 Å². The number of benzene rings is 1. The van der Waals surface area contributed by atoms with E-state index in [1.807, 2.05) is 24.1 Å². The number of carbonyl (C=O) groups excluding carboxylic acids is 2. The highest BCUT2D eigenvalue weighted by molar-refractivity contribution is 7.89. The van der Waals surface area contributed by atoms with Crippen LogP contribution in [0.4, 0.5) is 10.8 Å². The highest BCUT2D eigenvalue weighted by Gasteiger charge is 2.39. The average molecular weight is 449 g/mol. The molecule has 0 radical (unpaired) electrons. The fourth-order valence-corrected chi connectivity index (χ4v) is 5.40. The van der Waals surface area contributed by atoms with Crippen LogP contribution in [-0.2, 0) is 26.0 Å². The molecule has 160 valence electrons. The van der Waals surface area contributed by atoms with Gasteiger partial charge in [0.2, 0.25) is 21.8 Å². The number of anilines is 2. The van der Waals surface area contributed by atoms with Gasteiger partial charge in [0.05, 0.1) is 10.6 Å². The zero-order chi connectivity index (χ0) is 21.5. The second-order valence-electron chi connectivity index (χ2n) is 7.82. The number of nitrogens with one attached hydrogen (secondary N) is 2. The van der Waals surface area contributed by atoms with Crippen LogP contribution >= 0.6 is 11.3 Å². The summed E-state index contributed by atoms with van der Waals surface area (Å²) in [6.45, 7) is 3.80. The Hall–Kier alpha value is -2.30. The molecule has 1 aliphatic carbocycles. The van der Waals surface area contributed by atoms with E-state index in [0.717, 1.165) is 29.8 Å². The predicted molar refractivity (Wildman–Crippen MR) is 115 cm³/mol. The molecule has 1 fully saturated rings. The first-order valence-corrected chi connectivity index (χ1v) is 12.3. The number of aryl methyl sites for hydroxylation is 1. The topological polar surface area (TPSA) is 108 Å². The molecule has 1 atom stereocenters. The molecule has 1 saturated carbocycles. The van der Waals surface area contributed by atoms with Crippen LogP contribution in [0.2, 0.25) is 0 Å². The van der Waals surface area contributed by atoms with Crippen LogP contribution in [0.15, 0.2) is 28.5 Å². The second-order valence-corrected chi connectivity index (χ2v) is 10.4. The van der Waals surface area contributed by atoms with Gasteiger partial charge in [-0.2, -0.15) is 0 Å². The van der Waals surface area contributed by atoms with Crippen LogP contribution in [-0.4, -0.2) is 37.8 Å². The number of thiazole rings is 1. The molecular weight excluding hydrogens is 424 g/mol. The molecule has 1 aromatic carbocycles.